The molecule has 0 fully saturated rings. The van der Waals surface area contributed by atoms with Gasteiger partial charge in [-0.1, -0.05) is 30.3 Å². The number of anilines is 1. The van der Waals surface area contributed by atoms with Crippen LogP contribution in [0.5, 0.6) is 5.75 Å². The van der Waals surface area contributed by atoms with Crippen molar-refractivity contribution in [2.24, 2.45) is 0 Å². The van der Waals surface area contributed by atoms with Gasteiger partial charge < -0.3 is 25.4 Å². The van der Waals surface area contributed by atoms with Crippen LogP contribution in [-0.4, -0.2) is 44.9 Å². The van der Waals surface area contributed by atoms with Crippen molar-refractivity contribution >= 4 is 11.7 Å². The summed E-state index contributed by atoms with van der Waals surface area (Å²) in [6.07, 6.45) is -0.748. The molecule has 2 amide bonds. The van der Waals surface area contributed by atoms with E-state index in [1.54, 1.807) is 0 Å². The van der Waals surface area contributed by atoms with Crippen molar-refractivity contribution in [3.63, 3.8) is 0 Å². The number of hydrogen-bond donors (Lipinski definition) is 3. The maximum absolute atomic E-state index is 11.7. The van der Waals surface area contributed by atoms with E-state index < -0.39 is 6.10 Å². The first-order valence-electron chi connectivity index (χ1n) is 8.21. The Hall–Kier alpha value is -2.73. The Morgan fingerprint density at radius 2 is 1.76 bits per heavy atom. The van der Waals surface area contributed by atoms with E-state index in [4.69, 9.17) is 4.74 Å². The van der Waals surface area contributed by atoms with Crippen molar-refractivity contribution in [2.75, 3.05) is 38.7 Å². The van der Waals surface area contributed by atoms with Crippen LogP contribution in [0, 0.1) is 0 Å². The molecule has 134 valence electrons. The summed E-state index contributed by atoms with van der Waals surface area (Å²) >= 11 is 0. The number of aliphatic hydroxyl groups excluding tert-OH is 1. The molecule has 0 saturated carbocycles. The van der Waals surface area contributed by atoms with Crippen LogP contribution in [0.3, 0.4) is 0 Å². The molecule has 1 atom stereocenters. The van der Waals surface area contributed by atoms with Gasteiger partial charge >= 0.3 is 6.03 Å². The van der Waals surface area contributed by atoms with Crippen LogP contribution in [0.4, 0.5) is 10.5 Å². The van der Waals surface area contributed by atoms with E-state index in [-0.39, 0.29) is 12.6 Å². The summed E-state index contributed by atoms with van der Waals surface area (Å²) in [6, 6.07) is 16.7. The molecular weight excluding hydrogens is 318 g/mol. The van der Waals surface area contributed by atoms with Gasteiger partial charge in [-0.15, -0.1) is 0 Å². The summed E-state index contributed by atoms with van der Waals surface area (Å²) in [6.45, 7) is 0.910. The van der Waals surface area contributed by atoms with Gasteiger partial charge in [-0.3, -0.25) is 0 Å². The van der Waals surface area contributed by atoms with Crippen LogP contribution in [0.2, 0.25) is 0 Å². The second-order valence-electron chi connectivity index (χ2n) is 5.80. The summed E-state index contributed by atoms with van der Waals surface area (Å²) in [5, 5.41) is 15.5. The van der Waals surface area contributed by atoms with E-state index in [1.165, 1.54) is 0 Å². The molecule has 0 spiro atoms. The zero-order chi connectivity index (χ0) is 18.1. The molecule has 0 bridgehead atoms. The minimum atomic E-state index is -0.748. The maximum atomic E-state index is 11.7. The average Bonchev–Trinajstić information content (AvgIpc) is 2.64. The Balaban J connectivity index is 1.65. The monoisotopic (exact) mass is 343 g/mol. The number of carbonyl (C=O) groups is 1. The number of amides is 2. The molecule has 0 heterocycles. The molecule has 25 heavy (non-hydrogen) atoms. The van der Waals surface area contributed by atoms with Gasteiger partial charge in [0.2, 0.25) is 0 Å². The lowest BCUT2D eigenvalue weighted by molar-refractivity contribution is 0.173. The van der Waals surface area contributed by atoms with Crippen molar-refractivity contribution in [3.05, 3.63) is 60.2 Å². The van der Waals surface area contributed by atoms with Crippen molar-refractivity contribution in [3.8, 4) is 5.75 Å². The molecular formula is C19H25N3O3. The molecule has 0 aliphatic carbocycles. The number of urea groups is 1. The summed E-state index contributed by atoms with van der Waals surface area (Å²) < 4.78 is 5.49. The van der Waals surface area contributed by atoms with Gasteiger partial charge in [0.15, 0.2) is 0 Å². The number of carbonyl (C=O) groups excluding carboxylic acids is 1. The minimum Gasteiger partial charge on any atom is -0.492 e. The number of ether oxygens (including phenoxy) is 1. The zero-order valence-electron chi connectivity index (χ0n) is 14.6. The molecule has 0 aliphatic heterocycles. The number of hydrogen-bond acceptors (Lipinski definition) is 4. The van der Waals surface area contributed by atoms with Gasteiger partial charge in [0, 0.05) is 26.3 Å². The second-order valence-corrected chi connectivity index (χ2v) is 5.80. The Labute approximate surface area is 148 Å². The third-order valence-corrected chi connectivity index (χ3v) is 3.65. The molecule has 2 aromatic carbocycles. The highest BCUT2D eigenvalue weighted by Gasteiger charge is 2.09. The van der Waals surface area contributed by atoms with Crippen LogP contribution in [0.15, 0.2) is 54.6 Å². The van der Waals surface area contributed by atoms with E-state index in [9.17, 15) is 9.90 Å². The summed E-state index contributed by atoms with van der Waals surface area (Å²) in [7, 11) is 3.91. The third kappa shape index (κ3) is 6.35. The van der Waals surface area contributed by atoms with Crippen molar-refractivity contribution in [1.29, 1.82) is 0 Å². The van der Waals surface area contributed by atoms with E-state index in [0.29, 0.717) is 13.2 Å². The fourth-order valence-electron chi connectivity index (χ4n) is 2.21. The van der Waals surface area contributed by atoms with Crippen LogP contribution in [-0.2, 0) is 0 Å². The normalized spacial score (nSPS) is 11.5. The van der Waals surface area contributed by atoms with E-state index >= 15 is 0 Å². The smallest absolute Gasteiger partial charge is 0.315 e. The molecule has 3 N–H and O–H groups in total. The van der Waals surface area contributed by atoms with Crippen molar-refractivity contribution < 1.29 is 14.6 Å². The van der Waals surface area contributed by atoms with E-state index in [0.717, 1.165) is 17.0 Å². The van der Waals surface area contributed by atoms with Crippen LogP contribution in [0.1, 0.15) is 11.7 Å². The Morgan fingerprint density at radius 1 is 1.08 bits per heavy atom. The average molecular weight is 343 g/mol. The van der Waals surface area contributed by atoms with Crippen molar-refractivity contribution in [1.82, 2.24) is 10.6 Å². The fourth-order valence-corrected chi connectivity index (χ4v) is 2.21. The largest absolute Gasteiger partial charge is 0.492 e. The van der Waals surface area contributed by atoms with E-state index in [1.807, 2.05) is 73.6 Å². The third-order valence-electron chi connectivity index (χ3n) is 3.65. The predicted molar refractivity (Wildman–Crippen MR) is 99.1 cm³/mol. The molecule has 0 aliphatic rings. The number of para-hydroxylation sites is 1. The maximum Gasteiger partial charge on any atom is 0.315 e. The highest BCUT2D eigenvalue weighted by atomic mass is 16.5. The van der Waals surface area contributed by atoms with Crippen LogP contribution >= 0.6 is 0 Å². The summed E-state index contributed by atoms with van der Waals surface area (Å²) in [5.74, 6) is 0.765. The lowest BCUT2D eigenvalue weighted by Gasteiger charge is -2.16. The topological polar surface area (TPSA) is 73.8 Å². The molecule has 0 saturated heterocycles. The first-order valence-corrected chi connectivity index (χ1v) is 8.21. The fraction of sp³-hybridized carbons (Fsp3) is 0.316. The Kier molecular flexibility index (Phi) is 7.10. The Bertz CT molecular complexity index is 645. The molecule has 6 heteroatoms. The molecule has 6 nitrogen and oxygen atoms in total. The number of aliphatic hydroxyl groups is 1. The lowest BCUT2D eigenvalue weighted by Crippen LogP contribution is -2.39. The first-order chi connectivity index (χ1) is 12.1. The first kappa shape index (κ1) is 18.6. The quantitative estimate of drug-likeness (QED) is 0.642. The van der Waals surface area contributed by atoms with Gasteiger partial charge in [-0.05, 0) is 29.8 Å². The zero-order valence-corrected chi connectivity index (χ0v) is 14.6. The van der Waals surface area contributed by atoms with Crippen LogP contribution in [0.25, 0.3) is 0 Å². The molecule has 0 aromatic heterocycles. The lowest BCUT2D eigenvalue weighted by atomic mass is 10.1. The van der Waals surface area contributed by atoms with Crippen LogP contribution < -0.4 is 20.3 Å². The number of benzene rings is 2. The van der Waals surface area contributed by atoms with Gasteiger partial charge in [0.05, 0.1) is 12.6 Å². The Morgan fingerprint density at radius 3 is 2.40 bits per heavy atom. The highest BCUT2D eigenvalue weighted by molar-refractivity contribution is 5.73. The molecule has 0 radical (unpaired) electrons. The van der Waals surface area contributed by atoms with Gasteiger partial charge in [0.1, 0.15) is 12.4 Å². The molecule has 1 unspecified atom stereocenters. The summed E-state index contributed by atoms with van der Waals surface area (Å²) in [5.41, 5.74) is 1.82. The minimum absolute atomic E-state index is 0.146. The van der Waals surface area contributed by atoms with Gasteiger partial charge in [-0.2, -0.15) is 0 Å². The van der Waals surface area contributed by atoms with Crippen molar-refractivity contribution in [2.45, 2.75) is 6.10 Å². The number of nitrogens with one attached hydrogen (secondary N) is 2. The highest BCUT2D eigenvalue weighted by Crippen LogP contribution is 2.17. The number of rotatable bonds is 8. The molecule has 2 aromatic rings. The predicted octanol–water partition coefficient (Wildman–Crippen LogP) is 2.16. The standard InChI is InChI=1S/C19H25N3O3/c1-22(2)16-10-8-15(9-11-16)18(23)14-21-19(24)20-12-13-25-17-6-4-3-5-7-17/h3-11,18,23H,12-14H2,1-2H3,(H2,20,21,24). The second kappa shape index (κ2) is 9.54. The molecule has 2 rings (SSSR count). The SMILES string of the molecule is CN(C)c1ccc(C(O)CNC(=O)NCCOc2ccccc2)cc1. The van der Waals surface area contributed by atoms with Gasteiger partial charge in [0.25, 0.3) is 0 Å². The van der Waals surface area contributed by atoms with E-state index in [2.05, 4.69) is 10.6 Å². The summed E-state index contributed by atoms with van der Waals surface area (Å²) in [4.78, 5) is 13.7. The van der Waals surface area contributed by atoms with Gasteiger partial charge in [-0.25, -0.2) is 4.79 Å². The number of nitrogens with zero attached hydrogens (tertiary/aromatic N) is 1.